The van der Waals surface area contributed by atoms with Crippen molar-refractivity contribution in [3.8, 4) is 5.75 Å². The van der Waals surface area contributed by atoms with Gasteiger partial charge in [0.1, 0.15) is 11.4 Å². The number of hydrogen-bond acceptors (Lipinski definition) is 7. The molecule has 1 aliphatic heterocycles. The molecular weight excluding hydrogens is 354 g/mol. The highest BCUT2D eigenvalue weighted by atomic mass is 16.8. The second kappa shape index (κ2) is 7.84. The van der Waals surface area contributed by atoms with E-state index in [-0.39, 0.29) is 5.48 Å². The van der Waals surface area contributed by atoms with Crippen molar-refractivity contribution >= 4 is 11.9 Å². The minimum atomic E-state index is -1.62. The molecule has 8 heteroatoms. The van der Waals surface area contributed by atoms with Crippen molar-refractivity contribution in [2.24, 2.45) is 0 Å². The van der Waals surface area contributed by atoms with Crippen molar-refractivity contribution in [1.82, 2.24) is 4.90 Å². The quantitative estimate of drug-likeness (QED) is 0.587. The normalized spacial score (nSPS) is 24.9. The average molecular weight is 381 g/mol. The number of hydrogen-bond donors (Lipinski definition) is 1. The number of methoxy groups -OCH3 is 1. The summed E-state index contributed by atoms with van der Waals surface area (Å²) in [6.45, 7) is 0.500. The Morgan fingerprint density at radius 2 is 1.67 bits per heavy atom. The molecule has 2 atom stereocenters. The van der Waals surface area contributed by atoms with Crippen molar-refractivity contribution < 1.29 is 34.4 Å². The minimum absolute atomic E-state index is 0. The molecule has 1 aromatic carbocycles. The summed E-state index contributed by atoms with van der Waals surface area (Å²) in [5, 5.41) is 11.7. The lowest BCUT2D eigenvalue weighted by atomic mass is 9.68. The molecule has 1 heterocycles. The molecular formula is C19H27NO7. The third kappa shape index (κ3) is 3.65. The largest absolute Gasteiger partial charge is 0.497 e. The third-order valence-electron chi connectivity index (χ3n) is 5.30. The van der Waals surface area contributed by atoms with Gasteiger partial charge in [-0.15, -0.1) is 0 Å². The fourth-order valence-corrected chi connectivity index (χ4v) is 4.01. The maximum atomic E-state index is 11.8. The highest BCUT2D eigenvalue weighted by Gasteiger charge is 2.66. The molecule has 3 N–H and O–H groups in total. The van der Waals surface area contributed by atoms with Gasteiger partial charge >= 0.3 is 11.9 Å². The van der Waals surface area contributed by atoms with Crippen LogP contribution in [0.4, 0.5) is 0 Å². The highest BCUT2D eigenvalue weighted by Crippen LogP contribution is 2.51. The van der Waals surface area contributed by atoms with Crippen LogP contribution in [0, 0.1) is 0 Å². The van der Waals surface area contributed by atoms with Crippen LogP contribution in [0.2, 0.25) is 0 Å². The van der Waals surface area contributed by atoms with E-state index in [4.69, 9.17) is 14.2 Å². The lowest BCUT2D eigenvalue weighted by Gasteiger charge is -2.49. The van der Waals surface area contributed by atoms with Gasteiger partial charge in [0.05, 0.1) is 7.11 Å². The van der Waals surface area contributed by atoms with Crippen LogP contribution in [0.25, 0.3) is 0 Å². The Balaban J connectivity index is 0.00000261. The Hall–Kier alpha value is -2.16. The van der Waals surface area contributed by atoms with E-state index >= 15 is 0 Å². The Kier molecular flexibility index (Phi) is 6.14. The maximum absolute atomic E-state index is 11.8. The van der Waals surface area contributed by atoms with E-state index in [1.54, 1.807) is 7.11 Å². The molecule has 0 radical (unpaired) electrons. The van der Waals surface area contributed by atoms with E-state index < -0.39 is 29.2 Å². The topological polar surface area (TPSA) is 117 Å². The zero-order chi connectivity index (χ0) is 18.9. The summed E-state index contributed by atoms with van der Waals surface area (Å²) in [5.74, 6) is -3.41. The van der Waals surface area contributed by atoms with Crippen LogP contribution in [-0.2, 0) is 19.1 Å². The van der Waals surface area contributed by atoms with Gasteiger partial charge in [-0.2, -0.15) is 0 Å². The van der Waals surface area contributed by atoms with Crippen molar-refractivity contribution in [1.29, 1.82) is 0 Å². The third-order valence-corrected chi connectivity index (χ3v) is 5.30. The van der Waals surface area contributed by atoms with Gasteiger partial charge in [-0.1, -0.05) is 12.1 Å². The number of ether oxygens (including phenoxy) is 3. The summed E-state index contributed by atoms with van der Waals surface area (Å²) in [6, 6.07) is 7.41. The number of carbonyl (C=O) groups excluding carboxylic acids is 2. The smallest absolute Gasteiger partial charge is 0.421 e. The Morgan fingerprint density at radius 3 is 2.19 bits per heavy atom. The van der Waals surface area contributed by atoms with Crippen molar-refractivity contribution in [2.45, 2.75) is 43.0 Å². The van der Waals surface area contributed by atoms with Gasteiger partial charge in [0.2, 0.25) is 0 Å². The molecule has 1 aromatic rings. The van der Waals surface area contributed by atoms with Crippen molar-refractivity contribution in [3.63, 3.8) is 0 Å². The SMILES string of the molecule is COc1ccc(C(CN(C)C)C2(O)CCCCC23OC(=O)C(=O)O3)cc1.O. The molecule has 0 aromatic heterocycles. The van der Waals surface area contributed by atoms with Crippen LogP contribution in [0.1, 0.15) is 37.2 Å². The van der Waals surface area contributed by atoms with Crippen molar-refractivity contribution in [2.75, 3.05) is 27.7 Å². The number of likely N-dealkylation sites (N-methyl/N-ethyl adjacent to an activating group) is 1. The van der Waals surface area contributed by atoms with Crippen LogP contribution in [0.5, 0.6) is 5.75 Å². The standard InChI is InChI=1S/C19H25NO6.H2O/c1-20(2)12-15(13-6-8-14(24-3)9-7-13)18(23)10-4-5-11-19(18)25-16(21)17(22)26-19;/h6-9,15,23H,4-5,10-12H2,1-3H3;1H2. The van der Waals surface area contributed by atoms with Crippen LogP contribution in [0.3, 0.4) is 0 Å². The van der Waals surface area contributed by atoms with E-state index in [2.05, 4.69) is 0 Å². The first-order valence-corrected chi connectivity index (χ1v) is 8.79. The summed E-state index contributed by atoms with van der Waals surface area (Å²) in [6.07, 6.45) is 2.13. The van der Waals surface area contributed by atoms with Gasteiger partial charge in [-0.05, 0) is 51.1 Å². The fraction of sp³-hybridized carbons (Fsp3) is 0.579. The van der Waals surface area contributed by atoms with E-state index in [9.17, 15) is 14.7 Å². The number of esters is 2. The number of nitrogens with zero attached hydrogens (tertiary/aromatic N) is 1. The monoisotopic (exact) mass is 381 g/mol. The molecule has 8 nitrogen and oxygen atoms in total. The fourth-order valence-electron chi connectivity index (χ4n) is 4.01. The minimum Gasteiger partial charge on any atom is -0.497 e. The first kappa shape index (κ1) is 21.1. The summed E-state index contributed by atoms with van der Waals surface area (Å²) in [7, 11) is 5.40. The number of rotatable bonds is 5. The lowest BCUT2D eigenvalue weighted by Crippen LogP contribution is -2.62. The van der Waals surface area contributed by atoms with E-state index in [0.29, 0.717) is 31.6 Å². The number of benzene rings is 1. The highest BCUT2D eigenvalue weighted by molar-refractivity contribution is 6.31. The van der Waals surface area contributed by atoms with Gasteiger partial charge in [-0.3, -0.25) is 0 Å². The van der Waals surface area contributed by atoms with E-state index in [1.165, 1.54) is 0 Å². The van der Waals surface area contributed by atoms with E-state index in [1.807, 2.05) is 43.3 Å². The Labute approximate surface area is 158 Å². The summed E-state index contributed by atoms with van der Waals surface area (Å²) in [5.41, 5.74) is -0.645. The molecule has 0 amide bonds. The van der Waals surface area contributed by atoms with Crippen LogP contribution >= 0.6 is 0 Å². The number of carbonyl (C=O) groups is 2. The Bertz CT molecular complexity index is 672. The zero-order valence-corrected chi connectivity index (χ0v) is 15.9. The van der Waals surface area contributed by atoms with Crippen LogP contribution in [-0.4, -0.2) is 66.6 Å². The average Bonchev–Trinajstić information content (AvgIpc) is 2.91. The van der Waals surface area contributed by atoms with Gasteiger partial charge < -0.3 is 29.7 Å². The molecule has 0 bridgehead atoms. The predicted molar refractivity (Wildman–Crippen MR) is 96.2 cm³/mol. The second-order valence-electron chi connectivity index (χ2n) is 7.25. The molecule has 1 saturated carbocycles. The zero-order valence-electron chi connectivity index (χ0n) is 15.9. The first-order chi connectivity index (χ1) is 12.3. The summed E-state index contributed by atoms with van der Waals surface area (Å²) in [4.78, 5) is 25.5. The molecule has 1 saturated heterocycles. The molecule has 27 heavy (non-hydrogen) atoms. The van der Waals surface area contributed by atoms with Crippen LogP contribution in [0.15, 0.2) is 24.3 Å². The van der Waals surface area contributed by atoms with E-state index in [0.717, 1.165) is 12.0 Å². The molecule has 2 fully saturated rings. The maximum Gasteiger partial charge on any atom is 0.421 e. The van der Waals surface area contributed by atoms with Gasteiger partial charge in [0.25, 0.3) is 5.79 Å². The number of aliphatic hydroxyl groups is 1. The molecule has 3 rings (SSSR count). The molecule has 1 spiro atoms. The summed E-state index contributed by atoms with van der Waals surface area (Å²) < 4.78 is 15.9. The lowest BCUT2D eigenvalue weighted by molar-refractivity contribution is -0.285. The van der Waals surface area contributed by atoms with Crippen LogP contribution < -0.4 is 4.74 Å². The molecule has 150 valence electrons. The summed E-state index contributed by atoms with van der Waals surface area (Å²) >= 11 is 0. The second-order valence-corrected chi connectivity index (χ2v) is 7.25. The van der Waals surface area contributed by atoms with Gasteiger partial charge in [0, 0.05) is 18.9 Å². The van der Waals surface area contributed by atoms with Gasteiger partial charge in [-0.25, -0.2) is 9.59 Å². The molecule has 2 aliphatic rings. The predicted octanol–water partition coefficient (Wildman–Crippen LogP) is 0.617. The first-order valence-electron chi connectivity index (χ1n) is 8.79. The molecule has 2 unspecified atom stereocenters. The van der Waals surface area contributed by atoms with Crippen molar-refractivity contribution in [3.05, 3.63) is 29.8 Å². The Morgan fingerprint density at radius 1 is 1.11 bits per heavy atom. The molecule has 1 aliphatic carbocycles. The van der Waals surface area contributed by atoms with Gasteiger partial charge in [0.15, 0.2) is 0 Å².